The number of rotatable bonds is 0. The van der Waals surface area contributed by atoms with Gasteiger partial charge in [0, 0.05) is 11.6 Å². The van der Waals surface area contributed by atoms with Crippen LogP contribution in [0.3, 0.4) is 0 Å². The number of ether oxygens (including phenoxy) is 1. The van der Waals surface area contributed by atoms with Crippen molar-refractivity contribution in [1.29, 1.82) is 0 Å². The first-order valence-electron chi connectivity index (χ1n) is 4.66. The number of hydrogen-bond donors (Lipinski definition) is 1. The lowest BCUT2D eigenvalue weighted by molar-refractivity contribution is 0.00566. The smallest absolute Gasteiger partial charge is 0.0649 e. The van der Waals surface area contributed by atoms with Gasteiger partial charge in [0.05, 0.1) is 13.2 Å². The SMILES string of the molecule is C[C@H]1COCC2(CCCC2)N1. The predicted octanol–water partition coefficient (Wildman–Crippen LogP) is 1.31. The van der Waals surface area contributed by atoms with Gasteiger partial charge in [0.1, 0.15) is 0 Å². The van der Waals surface area contributed by atoms with Crippen molar-refractivity contribution >= 4 is 0 Å². The highest BCUT2D eigenvalue weighted by molar-refractivity contribution is 4.96. The van der Waals surface area contributed by atoms with E-state index < -0.39 is 0 Å². The zero-order valence-electron chi connectivity index (χ0n) is 7.23. The van der Waals surface area contributed by atoms with Gasteiger partial charge in [-0.3, -0.25) is 0 Å². The molecule has 1 saturated heterocycles. The van der Waals surface area contributed by atoms with Crippen LogP contribution in [-0.2, 0) is 4.74 Å². The second-order valence-electron chi connectivity index (χ2n) is 4.05. The van der Waals surface area contributed by atoms with Gasteiger partial charge in [0.25, 0.3) is 0 Å². The van der Waals surface area contributed by atoms with Crippen LogP contribution >= 0.6 is 0 Å². The third kappa shape index (κ3) is 1.42. The van der Waals surface area contributed by atoms with Gasteiger partial charge in [0.2, 0.25) is 0 Å². The van der Waals surface area contributed by atoms with Crippen molar-refractivity contribution in [3.05, 3.63) is 0 Å². The molecule has 1 N–H and O–H groups in total. The van der Waals surface area contributed by atoms with Crippen LogP contribution in [0.25, 0.3) is 0 Å². The molecule has 0 unspecified atom stereocenters. The zero-order valence-corrected chi connectivity index (χ0v) is 7.23. The van der Waals surface area contributed by atoms with Crippen molar-refractivity contribution in [2.45, 2.75) is 44.2 Å². The summed E-state index contributed by atoms with van der Waals surface area (Å²) in [6.45, 7) is 4.04. The van der Waals surface area contributed by atoms with E-state index in [2.05, 4.69) is 12.2 Å². The molecule has 1 spiro atoms. The average molecular weight is 155 g/mol. The Morgan fingerprint density at radius 2 is 2.09 bits per heavy atom. The van der Waals surface area contributed by atoms with Gasteiger partial charge in [-0.1, -0.05) is 12.8 Å². The molecule has 1 aliphatic carbocycles. The molecule has 64 valence electrons. The molecule has 1 aliphatic heterocycles. The highest BCUT2D eigenvalue weighted by Crippen LogP contribution is 2.31. The summed E-state index contributed by atoms with van der Waals surface area (Å²) in [6.07, 6.45) is 5.39. The molecule has 0 aromatic rings. The Kier molecular flexibility index (Phi) is 1.90. The molecule has 1 heterocycles. The summed E-state index contributed by atoms with van der Waals surface area (Å²) < 4.78 is 5.56. The van der Waals surface area contributed by atoms with Gasteiger partial charge < -0.3 is 10.1 Å². The molecule has 2 heteroatoms. The summed E-state index contributed by atoms with van der Waals surface area (Å²) in [5.74, 6) is 0. The molecule has 2 fully saturated rings. The van der Waals surface area contributed by atoms with E-state index in [1.807, 2.05) is 0 Å². The quantitative estimate of drug-likeness (QED) is 0.569. The Bertz CT molecular complexity index is 140. The molecular weight excluding hydrogens is 138 g/mol. The second-order valence-corrected chi connectivity index (χ2v) is 4.05. The predicted molar refractivity (Wildman–Crippen MR) is 44.6 cm³/mol. The van der Waals surface area contributed by atoms with Gasteiger partial charge in [-0.15, -0.1) is 0 Å². The molecule has 11 heavy (non-hydrogen) atoms. The maximum absolute atomic E-state index is 5.56. The average Bonchev–Trinajstić information content (AvgIpc) is 2.37. The van der Waals surface area contributed by atoms with Crippen LogP contribution < -0.4 is 5.32 Å². The second kappa shape index (κ2) is 2.76. The standard InChI is InChI=1S/C9H17NO/c1-8-6-11-7-9(10-8)4-2-3-5-9/h8,10H,2-7H2,1H3/t8-/m0/s1. The molecule has 0 amide bonds. The maximum Gasteiger partial charge on any atom is 0.0649 e. The lowest BCUT2D eigenvalue weighted by atomic mass is 9.96. The Balaban J connectivity index is 2.00. The fourth-order valence-corrected chi connectivity index (χ4v) is 2.38. The lowest BCUT2D eigenvalue weighted by Crippen LogP contribution is -2.56. The molecule has 1 saturated carbocycles. The fourth-order valence-electron chi connectivity index (χ4n) is 2.38. The highest BCUT2D eigenvalue weighted by atomic mass is 16.5. The van der Waals surface area contributed by atoms with E-state index in [9.17, 15) is 0 Å². The summed E-state index contributed by atoms with van der Waals surface area (Å²) in [4.78, 5) is 0. The lowest BCUT2D eigenvalue weighted by Gasteiger charge is -2.38. The van der Waals surface area contributed by atoms with Crippen LogP contribution in [0.1, 0.15) is 32.6 Å². The Hall–Kier alpha value is -0.0800. The first-order valence-corrected chi connectivity index (χ1v) is 4.66. The van der Waals surface area contributed by atoms with Gasteiger partial charge in [-0.25, -0.2) is 0 Å². The summed E-state index contributed by atoms with van der Waals surface area (Å²) in [5.41, 5.74) is 0.373. The van der Waals surface area contributed by atoms with Crippen molar-refractivity contribution in [2.75, 3.05) is 13.2 Å². The number of nitrogens with one attached hydrogen (secondary N) is 1. The van der Waals surface area contributed by atoms with Crippen molar-refractivity contribution < 1.29 is 4.74 Å². The minimum absolute atomic E-state index is 0.373. The Morgan fingerprint density at radius 3 is 2.73 bits per heavy atom. The molecule has 0 radical (unpaired) electrons. The molecule has 1 atom stereocenters. The van der Waals surface area contributed by atoms with Crippen LogP contribution in [0.5, 0.6) is 0 Å². The van der Waals surface area contributed by atoms with Crippen LogP contribution in [0.4, 0.5) is 0 Å². The van der Waals surface area contributed by atoms with Crippen LogP contribution in [0, 0.1) is 0 Å². The largest absolute Gasteiger partial charge is 0.378 e. The Labute approximate surface area is 68.3 Å². The van der Waals surface area contributed by atoms with E-state index in [-0.39, 0.29) is 0 Å². The molecule has 2 rings (SSSR count). The fraction of sp³-hybridized carbons (Fsp3) is 1.00. The Morgan fingerprint density at radius 1 is 1.36 bits per heavy atom. The van der Waals surface area contributed by atoms with Crippen molar-refractivity contribution in [3.8, 4) is 0 Å². The van der Waals surface area contributed by atoms with Crippen LogP contribution in [0.2, 0.25) is 0 Å². The van der Waals surface area contributed by atoms with Crippen LogP contribution in [-0.4, -0.2) is 24.8 Å². The summed E-state index contributed by atoms with van der Waals surface area (Å²) in [7, 11) is 0. The van der Waals surface area contributed by atoms with E-state index in [1.165, 1.54) is 25.7 Å². The minimum atomic E-state index is 0.373. The first-order chi connectivity index (χ1) is 5.31. The molecule has 2 aliphatic rings. The van der Waals surface area contributed by atoms with Crippen molar-refractivity contribution in [1.82, 2.24) is 5.32 Å². The minimum Gasteiger partial charge on any atom is -0.378 e. The molecule has 0 bridgehead atoms. The highest BCUT2D eigenvalue weighted by Gasteiger charge is 2.37. The molecule has 0 aromatic heterocycles. The number of hydrogen-bond acceptors (Lipinski definition) is 2. The van der Waals surface area contributed by atoms with Gasteiger partial charge in [-0.2, -0.15) is 0 Å². The third-order valence-electron chi connectivity index (χ3n) is 2.86. The van der Waals surface area contributed by atoms with E-state index in [0.717, 1.165) is 13.2 Å². The van der Waals surface area contributed by atoms with Crippen LogP contribution in [0.15, 0.2) is 0 Å². The molecule has 0 aromatic carbocycles. The summed E-state index contributed by atoms with van der Waals surface area (Å²) in [5, 5.41) is 3.67. The van der Waals surface area contributed by atoms with E-state index in [0.29, 0.717) is 11.6 Å². The normalized spacial score (nSPS) is 36.3. The van der Waals surface area contributed by atoms with Gasteiger partial charge in [0.15, 0.2) is 0 Å². The monoisotopic (exact) mass is 155 g/mol. The third-order valence-corrected chi connectivity index (χ3v) is 2.86. The van der Waals surface area contributed by atoms with Gasteiger partial charge >= 0.3 is 0 Å². The van der Waals surface area contributed by atoms with E-state index in [4.69, 9.17) is 4.74 Å². The van der Waals surface area contributed by atoms with Crippen molar-refractivity contribution in [2.24, 2.45) is 0 Å². The van der Waals surface area contributed by atoms with E-state index >= 15 is 0 Å². The zero-order chi connectivity index (χ0) is 7.73. The van der Waals surface area contributed by atoms with E-state index in [1.54, 1.807) is 0 Å². The number of morpholine rings is 1. The summed E-state index contributed by atoms with van der Waals surface area (Å²) >= 11 is 0. The molecule has 2 nitrogen and oxygen atoms in total. The van der Waals surface area contributed by atoms with Crippen molar-refractivity contribution in [3.63, 3.8) is 0 Å². The topological polar surface area (TPSA) is 21.3 Å². The summed E-state index contributed by atoms with van der Waals surface area (Å²) in [6, 6.07) is 0.557. The first kappa shape index (κ1) is 7.56. The molecular formula is C9H17NO. The maximum atomic E-state index is 5.56. The van der Waals surface area contributed by atoms with Gasteiger partial charge in [-0.05, 0) is 19.8 Å².